The summed E-state index contributed by atoms with van der Waals surface area (Å²) < 4.78 is 12.9. The van der Waals surface area contributed by atoms with Crippen LogP contribution < -0.4 is 20.5 Å². The van der Waals surface area contributed by atoms with Gasteiger partial charge in [0.1, 0.15) is 5.69 Å². The molecule has 2 aromatic rings. The van der Waals surface area contributed by atoms with E-state index in [0.717, 1.165) is 25.8 Å². The van der Waals surface area contributed by atoms with Crippen LogP contribution in [-0.2, 0) is 11.8 Å². The van der Waals surface area contributed by atoms with E-state index < -0.39 is 5.91 Å². The third kappa shape index (κ3) is 4.90. The molecule has 180 valence electrons. The number of nitrogens with one attached hydrogen (secondary N) is 1. The minimum absolute atomic E-state index is 0.0196. The topological polar surface area (TPSA) is 128 Å². The first-order valence-electron chi connectivity index (χ1n) is 11.3. The Morgan fingerprint density at radius 1 is 1.24 bits per heavy atom. The molecule has 0 unspecified atom stereocenters. The van der Waals surface area contributed by atoms with E-state index in [0.29, 0.717) is 40.6 Å². The predicted molar refractivity (Wildman–Crippen MR) is 127 cm³/mol. The van der Waals surface area contributed by atoms with Gasteiger partial charge in [0.15, 0.2) is 11.5 Å². The summed E-state index contributed by atoms with van der Waals surface area (Å²) in [5.74, 6) is 0.115. The number of primary amides is 1. The number of amides is 3. The quantitative estimate of drug-likeness (QED) is 0.577. The van der Waals surface area contributed by atoms with Gasteiger partial charge in [0.2, 0.25) is 5.91 Å². The van der Waals surface area contributed by atoms with Crippen molar-refractivity contribution in [3.63, 3.8) is 0 Å². The maximum Gasteiger partial charge on any atom is 0.265 e. The summed E-state index contributed by atoms with van der Waals surface area (Å²) in [4.78, 5) is 43.1. The van der Waals surface area contributed by atoms with E-state index >= 15 is 0 Å². The fraction of sp³-hybridized carbons (Fsp3) is 0.417. The third-order valence-corrected chi connectivity index (χ3v) is 6.06. The van der Waals surface area contributed by atoms with Gasteiger partial charge in [-0.25, -0.2) is 0 Å². The molecule has 1 fully saturated rings. The zero-order chi connectivity index (χ0) is 24.2. The molecular formula is C24H29N5O5. The van der Waals surface area contributed by atoms with Crippen LogP contribution in [0.15, 0.2) is 29.4 Å². The number of ether oxygens (including phenoxy) is 2. The molecule has 1 saturated heterocycles. The van der Waals surface area contributed by atoms with Crippen molar-refractivity contribution in [3.05, 3.63) is 35.7 Å². The molecule has 1 aromatic carbocycles. The van der Waals surface area contributed by atoms with E-state index in [1.807, 2.05) is 11.1 Å². The minimum atomic E-state index is -0.562. The fourth-order valence-electron chi connectivity index (χ4n) is 4.30. The molecule has 3 N–H and O–H groups in total. The number of hydrogen-bond acceptors (Lipinski definition) is 6. The van der Waals surface area contributed by atoms with Crippen LogP contribution in [0.5, 0.6) is 11.5 Å². The van der Waals surface area contributed by atoms with Crippen molar-refractivity contribution in [1.29, 1.82) is 0 Å². The van der Waals surface area contributed by atoms with Crippen LogP contribution >= 0.6 is 0 Å². The number of aromatic nitrogens is 1. The van der Waals surface area contributed by atoms with E-state index in [9.17, 15) is 14.4 Å². The van der Waals surface area contributed by atoms with Crippen LogP contribution in [0.1, 0.15) is 53.0 Å². The highest BCUT2D eigenvalue weighted by molar-refractivity contribution is 6.03. The molecule has 1 aromatic heterocycles. The Labute approximate surface area is 197 Å². The standard InChI is InChI=1S/C24H29N5O5/c1-28-14-15(10-19(28)23(25)31)27-22(30)7-5-9-34-21-12-18-17(11-20(21)33-2)24(32)29-8-4-3-6-16(29)13-26-18/h10-14,16H,3-9H2,1-2H3,(H2,25,31)(H,27,30)/t16-/m0/s1. The van der Waals surface area contributed by atoms with Crippen molar-refractivity contribution < 1.29 is 23.9 Å². The Balaban J connectivity index is 1.36. The van der Waals surface area contributed by atoms with Crippen molar-refractivity contribution in [1.82, 2.24) is 9.47 Å². The summed E-state index contributed by atoms with van der Waals surface area (Å²) in [5.41, 5.74) is 7.18. The van der Waals surface area contributed by atoms with Gasteiger partial charge in [0, 0.05) is 38.5 Å². The summed E-state index contributed by atoms with van der Waals surface area (Å²) in [7, 11) is 3.21. The maximum atomic E-state index is 13.1. The Kier molecular flexibility index (Phi) is 6.85. The number of piperidine rings is 1. The molecule has 0 radical (unpaired) electrons. The number of fused-ring (bicyclic) bond motifs is 2. The number of rotatable bonds is 8. The minimum Gasteiger partial charge on any atom is -0.493 e. The van der Waals surface area contributed by atoms with Crippen molar-refractivity contribution in [2.24, 2.45) is 17.8 Å². The van der Waals surface area contributed by atoms with Crippen LogP contribution in [0.2, 0.25) is 0 Å². The molecule has 0 spiro atoms. The van der Waals surface area contributed by atoms with Gasteiger partial charge < -0.3 is 30.0 Å². The number of methoxy groups -OCH3 is 1. The lowest BCUT2D eigenvalue weighted by molar-refractivity contribution is -0.116. The summed E-state index contributed by atoms with van der Waals surface area (Å²) in [6, 6.07) is 4.95. The number of carbonyl (C=O) groups is 3. The lowest BCUT2D eigenvalue weighted by atomic mass is 10.0. The van der Waals surface area contributed by atoms with Crippen LogP contribution in [0.4, 0.5) is 11.4 Å². The molecule has 2 aliphatic heterocycles. The van der Waals surface area contributed by atoms with Crippen molar-refractivity contribution >= 4 is 35.3 Å². The second kappa shape index (κ2) is 9.98. The van der Waals surface area contributed by atoms with E-state index in [-0.39, 0.29) is 30.9 Å². The molecule has 10 heteroatoms. The monoisotopic (exact) mass is 467 g/mol. The molecule has 2 aliphatic rings. The van der Waals surface area contributed by atoms with Gasteiger partial charge in [-0.1, -0.05) is 0 Å². The zero-order valence-corrected chi connectivity index (χ0v) is 19.4. The predicted octanol–water partition coefficient (Wildman–Crippen LogP) is 2.64. The number of nitrogens with zero attached hydrogens (tertiary/aromatic N) is 3. The molecular weight excluding hydrogens is 438 g/mol. The average molecular weight is 468 g/mol. The molecule has 4 rings (SSSR count). The van der Waals surface area contributed by atoms with E-state index in [1.165, 1.54) is 13.2 Å². The summed E-state index contributed by atoms with van der Waals surface area (Å²) in [5, 5.41) is 2.75. The van der Waals surface area contributed by atoms with Crippen LogP contribution in [0, 0.1) is 0 Å². The van der Waals surface area contributed by atoms with Gasteiger partial charge in [-0.2, -0.15) is 0 Å². The number of aliphatic imine (C=N–C) groups is 1. The molecule has 0 bridgehead atoms. The second-order valence-electron chi connectivity index (χ2n) is 8.45. The van der Waals surface area contributed by atoms with Gasteiger partial charge in [-0.3, -0.25) is 19.4 Å². The van der Waals surface area contributed by atoms with E-state index in [4.69, 9.17) is 15.2 Å². The molecule has 0 saturated carbocycles. The van der Waals surface area contributed by atoms with Gasteiger partial charge in [-0.05, 0) is 37.8 Å². The second-order valence-corrected chi connectivity index (χ2v) is 8.45. The highest BCUT2D eigenvalue weighted by Crippen LogP contribution is 2.37. The highest BCUT2D eigenvalue weighted by Gasteiger charge is 2.31. The van der Waals surface area contributed by atoms with E-state index in [1.54, 1.807) is 29.9 Å². The largest absolute Gasteiger partial charge is 0.493 e. The number of benzene rings is 1. The average Bonchev–Trinajstić information content (AvgIpc) is 3.13. The Morgan fingerprint density at radius 3 is 2.79 bits per heavy atom. The number of anilines is 1. The van der Waals surface area contributed by atoms with Gasteiger partial charge in [0.05, 0.1) is 36.7 Å². The molecule has 3 heterocycles. The lowest BCUT2D eigenvalue weighted by Gasteiger charge is -2.32. The third-order valence-electron chi connectivity index (χ3n) is 6.06. The van der Waals surface area contributed by atoms with Gasteiger partial charge >= 0.3 is 0 Å². The maximum absolute atomic E-state index is 13.1. The summed E-state index contributed by atoms with van der Waals surface area (Å²) in [6.07, 6.45) is 7.15. The number of aryl methyl sites for hydroxylation is 1. The molecule has 34 heavy (non-hydrogen) atoms. The van der Waals surface area contributed by atoms with Crippen molar-refractivity contribution in [2.75, 3.05) is 25.6 Å². The van der Waals surface area contributed by atoms with Crippen LogP contribution in [0.3, 0.4) is 0 Å². The van der Waals surface area contributed by atoms with Gasteiger partial charge in [0.25, 0.3) is 11.8 Å². The molecule has 3 amide bonds. The normalized spacial score (nSPS) is 16.9. The zero-order valence-electron chi connectivity index (χ0n) is 19.4. The summed E-state index contributed by atoms with van der Waals surface area (Å²) >= 11 is 0. The Morgan fingerprint density at radius 2 is 2.06 bits per heavy atom. The highest BCUT2D eigenvalue weighted by atomic mass is 16.5. The Hall–Kier alpha value is -3.82. The molecule has 1 atom stereocenters. The first kappa shape index (κ1) is 23.3. The van der Waals surface area contributed by atoms with Crippen molar-refractivity contribution in [2.45, 2.75) is 38.1 Å². The van der Waals surface area contributed by atoms with Gasteiger partial charge in [-0.15, -0.1) is 0 Å². The first-order valence-corrected chi connectivity index (χ1v) is 11.3. The number of carbonyl (C=O) groups excluding carboxylic acids is 3. The summed E-state index contributed by atoms with van der Waals surface area (Å²) in [6.45, 7) is 1.00. The lowest BCUT2D eigenvalue weighted by Crippen LogP contribution is -2.43. The van der Waals surface area contributed by atoms with E-state index in [2.05, 4.69) is 10.3 Å². The first-order chi connectivity index (χ1) is 16.4. The van der Waals surface area contributed by atoms with Crippen molar-refractivity contribution in [3.8, 4) is 11.5 Å². The number of nitrogens with two attached hydrogens (primary N) is 1. The number of hydrogen-bond donors (Lipinski definition) is 2. The van der Waals surface area contributed by atoms with Crippen LogP contribution in [-0.4, -0.2) is 59.7 Å². The Bertz CT molecular complexity index is 1140. The SMILES string of the molecule is COc1cc2c(cc1OCCCC(=O)Nc1cc(C(N)=O)n(C)c1)N=C[C@@H]1CCCCN1C2=O. The fourth-order valence-corrected chi connectivity index (χ4v) is 4.30. The molecule has 10 nitrogen and oxygen atoms in total. The smallest absolute Gasteiger partial charge is 0.265 e. The molecule has 0 aliphatic carbocycles. The van der Waals surface area contributed by atoms with Crippen LogP contribution in [0.25, 0.3) is 0 Å².